The fraction of sp³-hybridized carbons (Fsp3) is 0.0526. The SMILES string of the molecule is Cc1cc2c(=O)nc(Nc3ccc(Oc4ccccc4)cc3)oc2s1. The highest BCUT2D eigenvalue weighted by Crippen LogP contribution is 2.26. The number of hydrogen-bond acceptors (Lipinski definition) is 6. The summed E-state index contributed by atoms with van der Waals surface area (Å²) in [7, 11) is 0. The van der Waals surface area contributed by atoms with Gasteiger partial charge in [0.2, 0.25) is 0 Å². The van der Waals surface area contributed by atoms with Crippen LogP contribution in [0, 0.1) is 6.92 Å². The van der Waals surface area contributed by atoms with Crippen molar-refractivity contribution >= 4 is 33.3 Å². The Morgan fingerprint density at radius 3 is 2.52 bits per heavy atom. The molecule has 1 N–H and O–H groups in total. The highest BCUT2D eigenvalue weighted by Gasteiger charge is 2.09. The van der Waals surface area contributed by atoms with E-state index in [-0.39, 0.29) is 11.6 Å². The first-order valence-corrected chi connectivity index (χ1v) is 8.50. The molecular formula is C19H14N2O3S. The van der Waals surface area contributed by atoms with Crippen molar-refractivity contribution in [3.05, 3.63) is 75.9 Å². The number of para-hydroxylation sites is 1. The molecule has 0 spiro atoms. The Labute approximate surface area is 147 Å². The number of nitrogens with zero attached hydrogens (tertiary/aromatic N) is 1. The normalized spacial score (nSPS) is 10.8. The van der Waals surface area contributed by atoms with E-state index in [1.165, 1.54) is 11.3 Å². The number of thiophene rings is 1. The lowest BCUT2D eigenvalue weighted by atomic mass is 10.3. The number of fused-ring (bicyclic) bond motifs is 1. The summed E-state index contributed by atoms with van der Waals surface area (Å²) in [6.07, 6.45) is 0. The molecule has 0 fully saturated rings. The summed E-state index contributed by atoms with van der Waals surface area (Å²) >= 11 is 1.43. The molecule has 5 nitrogen and oxygen atoms in total. The maximum atomic E-state index is 12.0. The van der Waals surface area contributed by atoms with Crippen LogP contribution in [0.4, 0.5) is 11.7 Å². The van der Waals surface area contributed by atoms with Gasteiger partial charge in [0, 0.05) is 10.6 Å². The van der Waals surface area contributed by atoms with Crippen LogP contribution < -0.4 is 15.6 Å². The van der Waals surface area contributed by atoms with Gasteiger partial charge in [-0.15, -0.1) is 11.3 Å². The molecule has 2 aromatic carbocycles. The first-order chi connectivity index (χ1) is 12.2. The van der Waals surface area contributed by atoms with Gasteiger partial charge in [0.1, 0.15) is 11.5 Å². The lowest BCUT2D eigenvalue weighted by molar-refractivity contribution is 0.483. The molecule has 0 bridgehead atoms. The number of aromatic nitrogens is 1. The third-order valence-electron chi connectivity index (χ3n) is 3.53. The molecule has 124 valence electrons. The molecule has 2 aromatic heterocycles. The Kier molecular flexibility index (Phi) is 3.95. The molecule has 4 rings (SSSR count). The van der Waals surface area contributed by atoms with Gasteiger partial charge >= 0.3 is 6.01 Å². The molecule has 4 aromatic rings. The van der Waals surface area contributed by atoms with Crippen LogP contribution in [0.5, 0.6) is 11.5 Å². The van der Waals surface area contributed by atoms with Gasteiger partial charge in [0.25, 0.3) is 5.56 Å². The van der Waals surface area contributed by atoms with E-state index in [0.29, 0.717) is 10.3 Å². The maximum absolute atomic E-state index is 12.0. The summed E-state index contributed by atoms with van der Waals surface area (Å²) in [6, 6.07) is 18.9. The molecule has 0 aliphatic rings. The van der Waals surface area contributed by atoms with E-state index >= 15 is 0 Å². The van der Waals surface area contributed by atoms with Crippen molar-refractivity contribution in [3.8, 4) is 11.5 Å². The summed E-state index contributed by atoms with van der Waals surface area (Å²) in [5, 5.41) is 3.52. The average molecular weight is 350 g/mol. The fourth-order valence-corrected chi connectivity index (χ4v) is 3.23. The minimum atomic E-state index is -0.294. The summed E-state index contributed by atoms with van der Waals surface area (Å²) in [6.45, 7) is 1.93. The highest BCUT2D eigenvalue weighted by molar-refractivity contribution is 7.18. The number of anilines is 2. The third-order valence-corrected chi connectivity index (χ3v) is 4.46. The monoisotopic (exact) mass is 350 g/mol. The summed E-state index contributed by atoms with van der Waals surface area (Å²) < 4.78 is 11.4. The van der Waals surface area contributed by atoms with Crippen molar-refractivity contribution in [1.82, 2.24) is 4.98 Å². The van der Waals surface area contributed by atoms with Gasteiger partial charge in [-0.1, -0.05) is 18.2 Å². The van der Waals surface area contributed by atoms with E-state index < -0.39 is 0 Å². The molecule has 0 saturated heterocycles. The van der Waals surface area contributed by atoms with Crippen molar-refractivity contribution in [2.75, 3.05) is 5.32 Å². The molecule has 25 heavy (non-hydrogen) atoms. The summed E-state index contributed by atoms with van der Waals surface area (Å²) in [5.74, 6) is 1.49. The first kappa shape index (κ1) is 15.4. The molecule has 0 aliphatic carbocycles. The quantitative estimate of drug-likeness (QED) is 0.555. The second-order valence-electron chi connectivity index (χ2n) is 5.45. The van der Waals surface area contributed by atoms with Crippen LogP contribution in [0.15, 0.2) is 69.9 Å². The molecule has 0 amide bonds. The Morgan fingerprint density at radius 1 is 1.04 bits per heavy atom. The van der Waals surface area contributed by atoms with Crippen molar-refractivity contribution in [3.63, 3.8) is 0 Å². The van der Waals surface area contributed by atoms with Crippen LogP contribution in [0.1, 0.15) is 4.88 Å². The second-order valence-corrected chi connectivity index (χ2v) is 6.67. The van der Waals surface area contributed by atoms with Gasteiger partial charge in [-0.2, -0.15) is 4.98 Å². The molecular weight excluding hydrogens is 336 g/mol. The van der Waals surface area contributed by atoms with Crippen LogP contribution in [-0.2, 0) is 0 Å². The molecule has 0 unspecified atom stereocenters. The molecule has 6 heteroatoms. The van der Waals surface area contributed by atoms with Gasteiger partial charge in [-0.25, -0.2) is 0 Å². The maximum Gasteiger partial charge on any atom is 0.303 e. The molecule has 0 radical (unpaired) electrons. The zero-order valence-electron chi connectivity index (χ0n) is 13.4. The number of ether oxygens (including phenoxy) is 1. The fourth-order valence-electron chi connectivity index (χ4n) is 2.39. The van der Waals surface area contributed by atoms with Crippen LogP contribution in [0.25, 0.3) is 10.3 Å². The standard InChI is InChI=1S/C19H14N2O3S/c1-12-11-16-17(22)21-19(24-18(16)25-12)20-13-7-9-15(10-8-13)23-14-5-3-2-4-6-14/h2-11H,1H3,(H,20,21,22). The zero-order chi connectivity index (χ0) is 17.2. The van der Waals surface area contributed by atoms with Gasteiger partial charge < -0.3 is 14.5 Å². The van der Waals surface area contributed by atoms with Crippen molar-refractivity contribution in [2.45, 2.75) is 6.92 Å². The van der Waals surface area contributed by atoms with E-state index in [1.807, 2.05) is 61.5 Å². The van der Waals surface area contributed by atoms with Crippen molar-refractivity contribution < 1.29 is 9.15 Å². The molecule has 2 heterocycles. The van der Waals surface area contributed by atoms with Gasteiger partial charge in [-0.05, 0) is 49.4 Å². The number of benzene rings is 2. The molecule has 0 saturated carbocycles. The predicted octanol–water partition coefficient (Wildman–Crippen LogP) is 5.09. The minimum Gasteiger partial charge on any atom is -0.457 e. The van der Waals surface area contributed by atoms with Crippen molar-refractivity contribution in [2.24, 2.45) is 0 Å². The lowest BCUT2D eigenvalue weighted by Gasteiger charge is -2.07. The van der Waals surface area contributed by atoms with Gasteiger partial charge in [-0.3, -0.25) is 4.79 Å². The van der Waals surface area contributed by atoms with E-state index in [0.717, 1.165) is 22.1 Å². The molecule has 0 atom stereocenters. The zero-order valence-corrected chi connectivity index (χ0v) is 14.2. The Balaban J connectivity index is 1.54. The summed E-state index contributed by atoms with van der Waals surface area (Å²) in [4.78, 5) is 17.6. The van der Waals surface area contributed by atoms with Crippen LogP contribution in [0.3, 0.4) is 0 Å². The van der Waals surface area contributed by atoms with E-state index in [2.05, 4.69) is 10.3 Å². The number of rotatable bonds is 4. The lowest BCUT2D eigenvalue weighted by Crippen LogP contribution is -2.07. The third kappa shape index (κ3) is 3.39. The summed E-state index contributed by atoms with van der Waals surface area (Å²) in [5.41, 5.74) is 0.459. The highest BCUT2D eigenvalue weighted by atomic mass is 32.1. The predicted molar refractivity (Wildman–Crippen MR) is 99.1 cm³/mol. The van der Waals surface area contributed by atoms with Crippen LogP contribution in [0.2, 0.25) is 0 Å². The number of hydrogen-bond donors (Lipinski definition) is 1. The first-order valence-electron chi connectivity index (χ1n) is 7.69. The Bertz CT molecular complexity index is 1070. The van der Waals surface area contributed by atoms with Crippen LogP contribution >= 0.6 is 11.3 Å². The molecule has 0 aliphatic heterocycles. The van der Waals surface area contributed by atoms with E-state index in [9.17, 15) is 4.79 Å². The minimum absolute atomic E-state index is 0.177. The van der Waals surface area contributed by atoms with Gasteiger partial charge in [0.05, 0.1) is 5.39 Å². The van der Waals surface area contributed by atoms with Crippen molar-refractivity contribution in [1.29, 1.82) is 0 Å². The van der Waals surface area contributed by atoms with Gasteiger partial charge in [0.15, 0.2) is 4.90 Å². The van der Waals surface area contributed by atoms with E-state index in [1.54, 1.807) is 6.07 Å². The van der Waals surface area contributed by atoms with Crippen LogP contribution in [-0.4, -0.2) is 4.98 Å². The topological polar surface area (TPSA) is 64.4 Å². The average Bonchev–Trinajstić information content (AvgIpc) is 2.99. The number of aryl methyl sites for hydroxylation is 1. The van der Waals surface area contributed by atoms with E-state index in [4.69, 9.17) is 9.15 Å². The Morgan fingerprint density at radius 2 is 1.76 bits per heavy atom. The largest absolute Gasteiger partial charge is 0.457 e. The smallest absolute Gasteiger partial charge is 0.303 e. The second kappa shape index (κ2) is 6.41. The Hall–Kier alpha value is -3.12. The number of nitrogens with one attached hydrogen (secondary N) is 1.